The highest BCUT2D eigenvalue weighted by Crippen LogP contribution is 2.47. The predicted molar refractivity (Wildman–Crippen MR) is 89.4 cm³/mol. The zero-order valence-corrected chi connectivity index (χ0v) is 13.9. The maximum absolute atomic E-state index is 9.67. The average Bonchev–Trinajstić information content (AvgIpc) is 3.18. The third kappa shape index (κ3) is 2.60. The first kappa shape index (κ1) is 15.0. The summed E-state index contributed by atoms with van der Waals surface area (Å²) < 4.78 is 0. The quantitative estimate of drug-likeness (QED) is 0.612. The lowest BCUT2D eigenvalue weighted by molar-refractivity contribution is 0.0426. The summed E-state index contributed by atoms with van der Waals surface area (Å²) in [5.41, 5.74) is 1.16. The van der Waals surface area contributed by atoms with Gasteiger partial charge in [0.25, 0.3) is 0 Å². The summed E-state index contributed by atoms with van der Waals surface area (Å²) in [5, 5.41) is 13.5. The van der Waals surface area contributed by atoms with Crippen molar-refractivity contribution in [2.45, 2.75) is 102 Å². The van der Waals surface area contributed by atoms with Crippen LogP contribution in [0.3, 0.4) is 0 Å². The van der Waals surface area contributed by atoms with E-state index in [1.165, 1.54) is 83.5 Å². The van der Waals surface area contributed by atoms with Gasteiger partial charge in [-0.2, -0.15) is 0 Å². The van der Waals surface area contributed by atoms with Crippen LogP contribution in [0.5, 0.6) is 0 Å². The predicted octanol–water partition coefficient (Wildman–Crippen LogP) is 4.58. The van der Waals surface area contributed by atoms with Gasteiger partial charge in [0.1, 0.15) is 0 Å². The van der Waals surface area contributed by atoms with Gasteiger partial charge in [0.15, 0.2) is 0 Å². The molecule has 0 unspecified atom stereocenters. The van der Waals surface area contributed by atoms with Crippen molar-refractivity contribution in [1.82, 2.24) is 4.90 Å². The van der Waals surface area contributed by atoms with Crippen LogP contribution >= 0.6 is 0 Å². The van der Waals surface area contributed by atoms with E-state index in [2.05, 4.69) is 10.1 Å². The molecule has 2 bridgehead atoms. The van der Waals surface area contributed by atoms with E-state index in [-0.39, 0.29) is 0 Å². The Morgan fingerprint density at radius 1 is 0.773 bits per heavy atom. The van der Waals surface area contributed by atoms with Gasteiger partial charge in [0.2, 0.25) is 0 Å². The lowest BCUT2D eigenvalue weighted by atomic mass is 9.83. The first-order valence-corrected chi connectivity index (χ1v) is 9.87. The number of nitrogens with zero attached hydrogens (tertiary/aromatic N) is 2. The van der Waals surface area contributed by atoms with Crippen molar-refractivity contribution in [3.05, 3.63) is 0 Å². The summed E-state index contributed by atoms with van der Waals surface area (Å²) in [7, 11) is 0. The molecule has 3 heteroatoms. The second kappa shape index (κ2) is 6.51. The molecule has 0 aliphatic heterocycles. The summed E-state index contributed by atoms with van der Waals surface area (Å²) in [6.07, 6.45) is 17.9. The fourth-order valence-electron chi connectivity index (χ4n) is 6.10. The number of hydrogen-bond donors (Lipinski definition) is 1. The molecule has 0 saturated heterocycles. The van der Waals surface area contributed by atoms with Gasteiger partial charge in [-0.05, 0) is 50.9 Å². The SMILES string of the molecule is O/N=C1\[C@H]2CC[C@@H](C2)[C@H]1N(C1CCCCC1)C1CCCCC1. The van der Waals surface area contributed by atoms with Crippen LogP contribution in [0.15, 0.2) is 5.16 Å². The normalized spacial score (nSPS) is 39.1. The molecular weight excluding hydrogens is 272 g/mol. The molecule has 3 atom stereocenters. The Morgan fingerprint density at radius 3 is 1.91 bits per heavy atom. The molecule has 1 N–H and O–H groups in total. The molecule has 4 fully saturated rings. The van der Waals surface area contributed by atoms with Crippen molar-refractivity contribution in [1.29, 1.82) is 0 Å². The van der Waals surface area contributed by atoms with Crippen LogP contribution in [-0.2, 0) is 0 Å². The minimum Gasteiger partial charge on any atom is -0.411 e. The van der Waals surface area contributed by atoms with Crippen molar-refractivity contribution in [3.8, 4) is 0 Å². The Labute approximate surface area is 135 Å². The third-order valence-electron chi connectivity index (χ3n) is 7.07. The minimum absolute atomic E-state index is 0.481. The Hall–Kier alpha value is -0.570. The number of hydrogen-bond acceptors (Lipinski definition) is 3. The van der Waals surface area contributed by atoms with Crippen molar-refractivity contribution >= 4 is 5.71 Å². The Balaban J connectivity index is 1.61. The summed E-state index contributed by atoms with van der Waals surface area (Å²) >= 11 is 0. The maximum Gasteiger partial charge on any atom is 0.0775 e. The summed E-state index contributed by atoms with van der Waals surface area (Å²) in [5.74, 6) is 1.37. The van der Waals surface area contributed by atoms with Crippen LogP contribution < -0.4 is 0 Å². The maximum atomic E-state index is 9.67. The fraction of sp³-hybridized carbons (Fsp3) is 0.947. The van der Waals surface area contributed by atoms with Crippen molar-refractivity contribution in [3.63, 3.8) is 0 Å². The lowest BCUT2D eigenvalue weighted by Crippen LogP contribution is -2.55. The molecule has 4 aliphatic carbocycles. The number of fused-ring (bicyclic) bond motifs is 2. The Bertz CT molecular complexity index is 392. The van der Waals surface area contributed by atoms with Gasteiger partial charge in [-0.15, -0.1) is 0 Å². The van der Waals surface area contributed by atoms with Crippen LogP contribution in [0.1, 0.15) is 83.5 Å². The largest absolute Gasteiger partial charge is 0.411 e. The summed E-state index contributed by atoms with van der Waals surface area (Å²) in [6.45, 7) is 0. The molecule has 0 heterocycles. The van der Waals surface area contributed by atoms with E-state index >= 15 is 0 Å². The summed E-state index contributed by atoms with van der Waals surface area (Å²) in [4.78, 5) is 2.90. The molecule has 0 aromatic carbocycles. The minimum atomic E-state index is 0.481. The zero-order valence-electron chi connectivity index (χ0n) is 13.9. The monoisotopic (exact) mass is 304 g/mol. The molecule has 0 aromatic rings. The molecule has 22 heavy (non-hydrogen) atoms. The fourth-order valence-corrected chi connectivity index (χ4v) is 6.10. The van der Waals surface area contributed by atoms with Gasteiger partial charge in [-0.25, -0.2) is 0 Å². The molecule has 4 rings (SSSR count). The van der Waals surface area contributed by atoms with E-state index in [4.69, 9.17) is 0 Å². The van der Waals surface area contributed by atoms with Crippen LogP contribution in [-0.4, -0.2) is 33.9 Å². The van der Waals surface area contributed by atoms with Gasteiger partial charge >= 0.3 is 0 Å². The zero-order chi connectivity index (χ0) is 14.9. The van der Waals surface area contributed by atoms with Gasteiger partial charge in [0, 0.05) is 18.0 Å². The second-order valence-corrected chi connectivity index (χ2v) is 8.27. The van der Waals surface area contributed by atoms with E-state index in [9.17, 15) is 5.21 Å². The molecule has 124 valence electrons. The third-order valence-corrected chi connectivity index (χ3v) is 7.07. The van der Waals surface area contributed by atoms with Crippen molar-refractivity contribution in [2.24, 2.45) is 17.0 Å². The number of rotatable bonds is 3. The first-order valence-electron chi connectivity index (χ1n) is 9.87. The van der Waals surface area contributed by atoms with Crippen LogP contribution in [0, 0.1) is 11.8 Å². The molecule has 0 aromatic heterocycles. The van der Waals surface area contributed by atoms with Crippen molar-refractivity contribution in [2.75, 3.05) is 0 Å². The van der Waals surface area contributed by atoms with Gasteiger partial charge < -0.3 is 5.21 Å². The highest BCUT2D eigenvalue weighted by atomic mass is 16.4. The average molecular weight is 304 g/mol. The van der Waals surface area contributed by atoms with Crippen LogP contribution in [0.25, 0.3) is 0 Å². The summed E-state index contributed by atoms with van der Waals surface area (Å²) in [6, 6.07) is 2.01. The van der Waals surface area contributed by atoms with E-state index in [1.54, 1.807) is 0 Å². The lowest BCUT2D eigenvalue weighted by Gasteiger charge is -2.47. The van der Waals surface area contributed by atoms with E-state index in [1.807, 2.05) is 0 Å². The molecule has 0 radical (unpaired) electrons. The highest BCUT2D eigenvalue weighted by Gasteiger charge is 2.50. The first-order chi connectivity index (χ1) is 10.9. The Morgan fingerprint density at radius 2 is 1.36 bits per heavy atom. The van der Waals surface area contributed by atoms with E-state index < -0.39 is 0 Å². The van der Waals surface area contributed by atoms with Gasteiger partial charge in [-0.1, -0.05) is 43.7 Å². The Kier molecular flexibility index (Phi) is 4.43. The molecule has 0 amide bonds. The van der Waals surface area contributed by atoms with Crippen molar-refractivity contribution < 1.29 is 5.21 Å². The van der Waals surface area contributed by atoms with Crippen LogP contribution in [0.4, 0.5) is 0 Å². The number of oxime groups is 1. The standard InChI is InChI=1S/C19H32N2O/c22-20-18-14-11-12-15(13-14)19(18)21(16-7-3-1-4-8-16)17-9-5-2-6-10-17/h14-17,19,22H,1-13H2/b20-18+/t14-,15-,19+/m0/s1. The molecule has 0 spiro atoms. The molecule has 4 saturated carbocycles. The smallest absolute Gasteiger partial charge is 0.0775 e. The van der Waals surface area contributed by atoms with Gasteiger partial charge in [-0.3, -0.25) is 4.90 Å². The molecule has 4 aliphatic rings. The van der Waals surface area contributed by atoms with Crippen LogP contribution in [0.2, 0.25) is 0 Å². The molecule has 3 nitrogen and oxygen atoms in total. The van der Waals surface area contributed by atoms with E-state index in [0.717, 1.165) is 23.7 Å². The highest BCUT2D eigenvalue weighted by molar-refractivity contribution is 5.94. The van der Waals surface area contributed by atoms with E-state index in [0.29, 0.717) is 12.0 Å². The topological polar surface area (TPSA) is 35.8 Å². The molecular formula is C19H32N2O. The van der Waals surface area contributed by atoms with Gasteiger partial charge in [0.05, 0.1) is 11.8 Å². The second-order valence-electron chi connectivity index (χ2n) is 8.27.